The Morgan fingerprint density at radius 1 is 1.12 bits per heavy atom. The molecule has 3 amide bonds. The smallest absolute Gasteiger partial charge is 0.399 e. The lowest BCUT2D eigenvalue weighted by molar-refractivity contribution is -0.122. The van der Waals surface area contributed by atoms with E-state index < -0.39 is 17.5 Å². The van der Waals surface area contributed by atoms with Crippen LogP contribution in [0.3, 0.4) is 0 Å². The summed E-state index contributed by atoms with van der Waals surface area (Å²) in [7, 11) is 0. The monoisotopic (exact) mass is 601 g/mol. The fraction of sp³-hybridized carbons (Fsp3) is 0.381. The van der Waals surface area contributed by atoms with E-state index in [0.29, 0.717) is 60.1 Å². The first-order valence-electron chi connectivity index (χ1n) is 10.2. The number of benzene rings is 1. The number of nitrogens with zero attached hydrogens (tertiary/aromatic N) is 1. The van der Waals surface area contributed by atoms with E-state index in [2.05, 4.69) is 42.5 Å². The quantitative estimate of drug-likeness (QED) is 0.537. The van der Waals surface area contributed by atoms with E-state index in [4.69, 9.17) is 14.2 Å². The molecule has 12 heteroatoms. The third-order valence-electron chi connectivity index (χ3n) is 5.26. The second kappa shape index (κ2) is 10.5. The standard InChI is InChI=1S/C21H21Br2N3O6S/c22-14-11-13(1-2-15(14)26-7-10-30-8-5-17(26)27)24-19(28)21(6-9-31-12-21)25-20(29)32-18-4-3-16(23)33-18/h1-4,11H,5-10,12H2,(H,24,28)(H,25,29). The van der Waals surface area contributed by atoms with Crippen molar-refractivity contribution in [1.29, 1.82) is 0 Å². The van der Waals surface area contributed by atoms with Crippen molar-refractivity contribution < 1.29 is 28.6 Å². The third kappa shape index (κ3) is 5.75. The SMILES string of the molecule is O=C(NC1(C(=O)Nc2ccc(N3CCOCCC3=O)c(Br)c2)CCOC1)Oc1ccc(Br)s1. The summed E-state index contributed by atoms with van der Waals surface area (Å²) in [4.78, 5) is 39.6. The van der Waals surface area contributed by atoms with Crippen LogP contribution in [0.5, 0.6) is 5.06 Å². The molecular formula is C21H21Br2N3O6S. The first-order valence-corrected chi connectivity index (χ1v) is 12.6. The third-order valence-corrected chi connectivity index (χ3v) is 7.39. The van der Waals surface area contributed by atoms with E-state index in [1.807, 2.05) is 0 Å². The van der Waals surface area contributed by atoms with E-state index in [-0.39, 0.29) is 12.5 Å². The minimum absolute atomic E-state index is 0.0208. The Labute approximate surface area is 211 Å². The van der Waals surface area contributed by atoms with Crippen LogP contribution in [-0.4, -0.2) is 56.4 Å². The molecule has 4 rings (SSSR count). The Bertz CT molecular complexity index is 1060. The molecule has 1 aromatic carbocycles. The highest BCUT2D eigenvalue weighted by Gasteiger charge is 2.44. The van der Waals surface area contributed by atoms with Gasteiger partial charge in [0, 0.05) is 29.7 Å². The molecule has 0 aliphatic carbocycles. The number of halogens is 2. The van der Waals surface area contributed by atoms with Crippen molar-refractivity contribution >= 4 is 72.5 Å². The summed E-state index contributed by atoms with van der Waals surface area (Å²) in [6, 6.07) is 8.62. The summed E-state index contributed by atoms with van der Waals surface area (Å²) in [6.45, 7) is 1.69. The lowest BCUT2D eigenvalue weighted by Gasteiger charge is -2.27. The second-order valence-electron chi connectivity index (χ2n) is 7.49. The fourth-order valence-corrected chi connectivity index (χ4v) is 5.34. The van der Waals surface area contributed by atoms with Gasteiger partial charge in [-0.1, -0.05) is 11.3 Å². The van der Waals surface area contributed by atoms with Crippen molar-refractivity contribution in [2.45, 2.75) is 18.4 Å². The van der Waals surface area contributed by atoms with Crippen LogP contribution in [0.2, 0.25) is 0 Å². The van der Waals surface area contributed by atoms with Crippen LogP contribution in [0.1, 0.15) is 12.8 Å². The number of hydrogen-bond acceptors (Lipinski definition) is 7. The van der Waals surface area contributed by atoms with E-state index in [0.717, 1.165) is 3.79 Å². The van der Waals surface area contributed by atoms with Gasteiger partial charge in [0.2, 0.25) is 5.91 Å². The number of carbonyl (C=O) groups excluding carboxylic acids is 3. The molecule has 33 heavy (non-hydrogen) atoms. The molecule has 1 unspecified atom stereocenters. The molecule has 2 saturated heterocycles. The fourth-order valence-electron chi connectivity index (χ4n) is 3.55. The maximum absolute atomic E-state index is 13.2. The first kappa shape index (κ1) is 24.1. The van der Waals surface area contributed by atoms with Gasteiger partial charge in [-0.25, -0.2) is 4.79 Å². The predicted molar refractivity (Wildman–Crippen MR) is 130 cm³/mol. The summed E-state index contributed by atoms with van der Waals surface area (Å²) in [5.41, 5.74) is -0.0431. The summed E-state index contributed by atoms with van der Waals surface area (Å²) >= 11 is 8.07. The average Bonchev–Trinajstić information content (AvgIpc) is 3.35. The summed E-state index contributed by atoms with van der Waals surface area (Å²) in [5, 5.41) is 5.92. The molecule has 176 valence electrons. The zero-order valence-electron chi connectivity index (χ0n) is 17.4. The average molecular weight is 603 g/mol. The number of ether oxygens (including phenoxy) is 3. The highest BCUT2D eigenvalue weighted by atomic mass is 79.9. The van der Waals surface area contributed by atoms with Crippen molar-refractivity contribution in [1.82, 2.24) is 5.32 Å². The van der Waals surface area contributed by atoms with Crippen molar-refractivity contribution in [2.24, 2.45) is 0 Å². The Morgan fingerprint density at radius 3 is 2.67 bits per heavy atom. The molecule has 0 radical (unpaired) electrons. The van der Waals surface area contributed by atoms with Crippen LogP contribution in [0.4, 0.5) is 16.2 Å². The van der Waals surface area contributed by atoms with Gasteiger partial charge in [0.25, 0.3) is 5.91 Å². The van der Waals surface area contributed by atoms with Gasteiger partial charge in [-0.2, -0.15) is 0 Å². The number of nitrogens with one attached hydrogen (secondary N) is 2. The van der Waals surface area contributed by atoms with Gasteiger partial charge in [-0.3, -0.25) is 9.59 Å². The lowest BCUT2D eigenvalue weighted by Crippen LogP contribution is -2.58. The second-order valence-corrected chi connectivity index (χ2v) is 10.8. The molecule has 2 aliphatic rings. The number of carbonyl (C=O) groups is 3. The maximum atomic E-state index is 13.2. The van der Waals surface area contributed by atoms with E-state index in [1.165, 1.54) is 11.3 Å². The molecular weight excluding hydrogens is 582 g/mol. The molecule has 0 bridgehead atoms. The molecule has 1 atom stereocenters. The van der Waals surface area contributed by atoms with Gasteiger partial charge in [-0.05, 0) is 62.2 Å². The molecule has 2 N–H and O–H groups in total. The Hall–Kier alpha value is -1.99. The summed E-state index contributed by atoms with van der Waals surface area (Å²) in [5.74, 6) is -0.435. The van der Waals surface area contributed by atoms with Crippen LogP contribution in [0.15, 0.2) is 38.6 Å². The number of anilines is 2. The van der Waals surface area contributed by atoms with Crippen LogP contribution in [0.25, 0.3) is 0 Å². The highest BCUT2D eigenvalue weighted by molar-refractivity contribution is 9.11. The highest BCUT2D eigenvalue weighted by Crippen LogP contribution is 2.32. The van der Waals surface area contributed by atoms with Crippen LogP contribution < -0.4 is 20.3 Å². The normalized spacial score (nSPS) is 20.9. The molecule has 2 aliphatic heterocycles. The van der Waals surface area contributed by atoms with Gasteiger partial charge >= 0.3 is 6.09 Å². The lowest BCUT2D eigenvalue weighted by atomic mass is 9.97. The molecule has 2 fully saturated rings. The molecule has 0 saturated carbocycles. The van der Waals surface area contributed by atoms with Gasteiger partial charge in [0.15, 0.2) is 5.06 Å². The van der Waals surface area contributed by atoms with Crippen LogP contribution >= 0.6 is 43.2 Å². The minimum atomic E-state index is -1.26. The van der Waals surface area contributed by atoms with Crippen molar-refractivity contribution in [3.05, 3.63) is 38.6 Å². The van der Waals surface area contributed by atoms with E-state index >= 15 is 0 Å². The zero-order chi connectivity index (χ0) is 23.4. The van der Waals surface area contributed by atoms with Crippen molar-refractivity contribution in [2.75, 3.05) is 43.2 Å². The van der Waals surface area contributed by atoms with E-state index in [1.54, 1.807) is 35.2 Å². The number of rotatable bonds is 5. The molecule has 1 aromatic heterocycles. The Kier molecular flexibility index (Phi) is 7.69. The topological polar surface area (TPSA) is 106 Å². The summed E-state index contributed by atoms with van der Waals surface area (Å²) in [6.07, 6.45) is -0.107. The van der Waals surface area contributed by atoms with Gasteiger partial charge < -0.3 is 29.7 Å². The maximum Gasteiger partial charge on any atom is 0.414 e. The molecule has 3 heterocycles. The van der Waals surface area contributed by atoms with Gasteiger partial charge in [0.1, 0.15) is 5.54 Å². The van der Waals surface area contributed by atoms with Crippen LogP contribution in [0, 0.1) is 0 Å². The number of hydrogen-bond donors (Lipinski definition) is 2. The zero-order valence-corrected chi connectivity index (χ0v) is 21.4. The van der Waals surface area contributed by atoms with Gasteiger partial charge in [0.05, 0.1) is 35.7 Å². The van der Waals surface area contributed by atoms with Gasteiger partial charge in [-0.15, -0.1) is 0 Å². The Balaban J connectivity index is 1.45. The predicted octanol–water partition coefficient (Wildman–Crippen LogP) is 3.91. The first-order chi connectivity index (χ1) is 15.9. The Morgan fingerprint density at radius 2 is 1.97 bits per heavy atom. The molecule has 2 aromatic rings. The number of thiophene rings is 1. The summed E-state index contributed by atoms with van der Waals surface area (Å²) < 4.78 is 17.6. The minimum Gasteiger partial charge on any atom is -0.399 e. The van der Waals surface area contributed by atoms with E-state index in [9.17, 15) is 14.4 Å². The molecule has 9 nitrogen and oxygen atoms in total. The largest absolute Gasteiger partial charge is 0.414 e. The van der Waals surface area contributed by atoms with Crippen molar-refractivity contribution in [3.8, 4) is 5.06 Å². The van der Waals surface area contributed by atoms with Crippen molar-refractivity contribution in [3.63, 3.8) is 0 Å². The van der Waals surface area contributed by atoms with Crippen LogP contribution in [-0.2, 0) is 19.1 Å². The molecule has 0 spiro atoms. The number of amides is 3.